The average Bonchev–Trinajstić information content (AvgIpc) is 1.95. The summed E-state index contributed by atoms with van der Waals surface area (Å²) in [6.07, 6.45) is 0. The van der Waals surface area contributed by atoms with Gasteiger partial charge in [0.2, 0.25) is 0 Å². The molecule has 0 saturated heterocycles. The van der Waals surface area contributed by atoms with Crippen LogP contribution in [0.15, 0.2) is 8.96 Å². The second-order valence-electron chi connectivity index (χ2n) is 1.53. The summed E-state index contributed by atoms with van der Waals surface area (Å²) in [6.45, 7) is 0. The summed E-state index contributed by atoms with van der Waals surface area (Å²) in [5.74, 6) is -0.448. The number of carbonyl (C=O) groups excluding carboxylic acids is 1. The molecule has 0 radical (unpaired) electrons. The Morgan fingerprint density at radius 1 is 1.60 bits per heavy atom. The zero-order chi connectivity index (χ0) is 7.94. The fraction of sp³-hybridized carbons (Fsp3) is 0.250. The van der Waals surface area contributed by atoms with Gasteiger partial charge in [-0.05, 0) is 54.5 Å². The van der Waals surface area contributed by atoms with Crippen molar-refractivity contribution in [2.75, 3.05) is 0 Å². The second kappa shape index (κ2) is 2.91. The number of hydrogen-bond acceptors (Lipinski definition) is 2. The Morgan fingerprint density at radius 3 is 2.20 bits per heavy atom. The van der Waals surface area contributed by atoms with Gasteiger partial charge in [-0.2, -0.15) is 0 Å². The molecule has 56 valence electrons. The Hall–Kier alpha value is 1.19. The van der Waals surface area contributed by atoms with E-state index in [4.69, 9.17) is 16.3 Å². The minimum Gasteiger partial charge on any atom is -0.425 e. The van der Waals surface area contributed by atoms with Crippen LogP contribution in [0.5, 0.6) is 0 Å². The van der Waals surface area contributed by atoms with Gasteiger partial charge in [-0.1, -0.05) is 11.6 Å². The summed E-state index contributed by atoms with van der Waals surface area (Å²) in [4.78, 5) is 10.8. The number of carbonyl (C=O) groups is 1. The number of halogens is 4. The molecular weight excluding hydrogens is 402 g/mol. The number of cyclic esters (lactones) is 1. The highest BCUT2D eigenvalue weighted by Gasteiger charge is 2.42. The van der Waals surface area contributed by atoms with Gasteiger partial charge >= 0.3 is 5.97 Å². The molecule has 0 amide bonds. The molecule has 1 atom stereocenters. The normalized spacial score (nSPS) is 33.0. The van der Waals surface area contributed by atoms with Crippen LogP contribution in [0, 0.1) is 0 Å². The van der Waals surface area contributed by atoms with Crippen LogP contribution < -0.4 is 0 Å². The van der Waals surface area contributed by atoms with Crippen LogP contribution in [0.25, 0.3) is 0 Å². The largest absolute Gasteiger partial charge is 0.425 e. The van der Waals surface area contributed by atoms with E-state index in [-0.39, 0.29) is 0 Å². The van der Waals surface area contributed by atoms with Crippen molar-refractivity contribution < 1.29 is 9.53 Å². The maximum atomic E-state index is 10.8. The van der Waals surface area contributed by atoms with E-state index in [1.165, 1.54) is 0 Å². The van der Waals surface area contributed by atoms with Crippen molar-refractivity contribution in [1.82, 2.24) is 0 Å². The van der Waals surface area contributed by atoms with Gasteiger partial charge < -0.3 is 4.74 Å². The summed E-state index contributed by atoms with van der Waals surface area (Å²) in [6, 6.07) is 0. The van der Waals surface area contributed by atoms with Crippen LogP contribution in [0.3, 0.4) is 0 Å². The average molecular weight is 402 g/mol. The summed E-state index contributed by atoms with van der Waals surface area (Å²) in [7, 11) is 0. The fourth-order valence-corrected chi connectivity index (χ4v) is 2.15. The van der Waals surface area contributed by atoms with Crippen molar-refractivity contribution in [3.63, 3.8) is 0 Å². The Morgan fingerprint density at radius 2 is 2.10 bits per heavy atom. The van der Waals surface area contributed by atoms with Crippen molar-refractivity contribution in [3.05, 3.63) is 8.96 Å². The van der Waals surface area contributed by atoms with Crippen molar-refractivity contribution in [3.8, 4) is 0 Å². The molecule has 6 heteroatoms. The molecule has 0 aliphatic carbocycles. The third-order valence-corrected chi connectivity index (χ3v) is 5.05. The summed E-state index contributed by atoms with van der Waals surface area (Å²) in [5.41, 5.74) is 0. The molecule has 10 heavy (non-hydrogen) atoms. The predicted octanol–water partition coefficient (Wildman–Crippen LogP) is 2.87. The molecule has 2 nitrogen and oxygen atoms in total. The summed E-state index contributed by atoms with van der Waals surface area (Å²) in [5, 5.41) is 0. The highest BCUT2D eigenvalue weighted by atomic mass is 127. The first-order valence-electron chi connectivity index (χ1n) is 2.12. The van der Waals surface area contributed by atoms with E-state index in [0.29, 0.717) is 8.96 Å². The zero-order valence-electron chi connectivity index (χ0n) is 4.33. The first kappa shape index (κ1) is 9.28. The van der Waals surface area contributed by atoms with Crippen LogP contribution in [0.1, 0.15) is 0 Å². The lowest BCUT2D eigenvalue weighted by molar-refractivity contribution is -0.136. The molecule has 1 unspecified atom stereocenters. The standard InChI is InChI=1S/C4Br2ClIO2/c5-1-2(6)4(7,8)10-3(1)9. The second-order valence-corrected chi connectivity index (χ2v) is 5.81. The van der Waals surface area contributed by atoms with Crippen LogP contribution >= 0.6 is 66.1 Å². The van der Waals surface area contributed by atoms with Crippen LogP contribution in [-0.2, 0) is 9.53 Å². The van der Waals surface area contributed by atoms with E-state index in [0.717, 1.165) is 0 Å². The highest BCUT2D eigenvalue weighted by molar-refractivity contribution is 14.1. The molecule has 1 heterocycles. The topological polar surface area (TPSA) is 26.3 Å². The molecule has 1 aliphatic rings. The van der Waals surface area contributed by atoms with Gasteiger partial charge in [0, 0.05) is 0 Å². The molecule has 0 aromatic rings. The molecular formula is C4Br2ClIO2. The van der Waals surface area contributed by atoms with Gasteiger partial charge in [-0.15, -0.1) is 0 Å². The molecule has 0 spiro atoms. The van der Waals surface area contributed by atoms with E-state index in [1.54, 1.807) is 0 Å². The maximum absolute atomic E-state index is 10.8. The monoisotopic (exact) mass is 400 g/mol. The van der Waals surface area contributed by atoms with E-state index >= 15 is 0 Å². The Labute approximate surface area is 92.7 Å². The van der Waals surface area contributed by atoms with Crippen molar-refractivity contribution in [1.29, 1.82) is 0 Å². The van der Waals surface area contributed by atoms with Gasteiger partial charge in [0.15, 0.2) is 0 Å². The van der Waals surface area contributed by atoms with E-state index in [1.807, 2.05) is 22.6 Å². The van der Waals surface area contributed by atoms with Crippen molar-refractivity contribution in [2.45, 2.75) is 3.07 Å². The third-order valence-electron chi connectivity index (χ3n) is 0.848. The van der Waals surface area contributed by atoms with Gasteiger partial charge in [0.05, 0.1) is 4.48 Å². The van der Waals surface area contributed by atoms with E-state index in [9.17, 15) is 4.79 Å². The van der Waals surface area contributed by atoms with Crippen LogP contribution in [-0.4, -0.2) is 9.04 Å². The van der Waals surface area contributed by atoms with Gasteiger partial charge in [-0.25, -0.2) is 4.79 Å². The molecule has 0 fully saturated rings. The Kier molecular flexibility index (Phi) is 2.70. The molecule has 0 saturated carbocycles. The lowest BCUT2D eigenvalue weighted by Crippen LogP contribution is -2.12. The molecule has 0 bridgehead atoms. The summed E-state index contributed by atoms with van der Waals surface area (Å²) < 4.78 is 4.52. The minimum absolute atomic E-state index is 0.344. The minimum atomic E-state index is -1.06. The molecule has 0 N–H and O–H groups in total. The summed E-state index contributed by atoms with van der Waals surface area (Å²) >= 11 is 13.7. The molecule has 0 aromatic heterocycles. The van der Waals surface area contributed by atoms with Crippen molar-refractivity contribution in [2.24, 2.45) is 0 Å². The number of alkyl halides is 2. The smallest absolute Gasteiger partial charge is 0.348 e. The Bertz CT molecular complexity index is 225. The van der Waals surface area contributed by atoms with Crippen LogP contribution in [0.2, 0.25) is 0 Å². The lowest BCUT2D eigenvalue weighted by Gasteiger charge is -2.10. The zero-order valence-corrected chi connectivity index (χ0v) is 10.4. The number of rotatable bonds is 0. The number of ether oxygens (including phenoxy) is 1. The first-order chi connectivity index (χ1) is 4.45. The third kappa shape index (κ3) is 1.51. The molecule has 1 aliphatic heterocycles. The first-order valence-corrected chi connectivity index (χ1v) is 5.16. The predicted molar refractivity (Wildman–Crippen MR) is 53.6 cm³/mol. The quantitative estimate of drug-likeness (QED) is 0.354. The van der Waals surface area contributed by atoms with Gasteiger partial charge in [-0.3, -0.25) is 0 Å². The lowest BCUT2D eigenvalue weighted by atomic mass is 10.6. The maximum Gasteiger partial charge on any atom is 0.348 e. The van der Waals surface area contributed by atoms with Crippen LogP contribution in [0.4, 0.5) is 0 Å². The highest BCUT2D eigenvalue weighted by Crippen LogP contribution is 2.46. The fourth-order valence-electron chi connectivity index (χ4n) is 0.423. The SMILES string of the molecule is O=C1OC(Cl)(I)C(Br)=C1Br. The number of hydrogen-bond donors (Lipinski definition) is 0. The van der Waals surface area contributed by atoms with E-state index in [2.05, 4.69) is 31.9 Å². The number of esters is 1. The Balaban J connectivity index is 3.06. The molecule has 0 aromatic carbocycles. The van der Waals surface area contributed by atoms with Gasteiger partial charge in [0.25, 0.3) is 3.07 Å². The molecule has 1 rings (SSSR count). The van der Waals surface area contributed by atoms with E-state index < -0.39 is 9.04 Å². The van der Waals surface area contributed by atoms with Crippen molar-refractivity contribution >= 4 is 72.0 Å². The van der Waals surface area contributed by atoms with Gasteiger partial charge in [0.1, 0.15) is 4.48 Å².